The number of aromatic nitrogens is 1. The second kappa shape index (κ2) is 7.56. The molecule has 1 amide bonds. The van der Waals surface area contributed by atoms with Crippen LogP contribution in [0.25, 0.3) is 0 Å². The lowest BCUT2D eigenvalue weighted by atomic mass is 10.1. The van der Waals surface area contributed by atoms with Crippen LogP contribution in [0.4, 0.5) is 5.69 Å². The van der Waals surface area contributed by atoms with Gasteiger partial charge in [-0.15, -0.1) is 11.3 Å². The Balaban J connectivity index is 2.11. The van der Waals surface area contributed by atoms with Gasteiger partial charge in [0.25, 0.3) is 5.91 Å². The molecule has 8 heteroatoms. The van der Waals surface area contributed by atoms with E-state index in [9.17, 15) is 13.2 Å². The van der Waals surface area contributed by atoms with Gasteiger partial charge in [-0.3, -0.25) is 9.52 Å². The maximum absolute atomic E-state index is 12.3. The molecule has 23 heavy (non-hydrogen) atoms. The van der Waals surface area contributed by atoms with Gasteiger partial charge in [0.05, 0.1) is 28.6 Å². The fourth-order valence-corrected chi connectivity index (χ4v) is 3.89. The van der Waals surface area contributed by atoms with E-state index in [1.807, 2.05) is 6.92 Å². The Kier molecular flexibility index (Phi) is 5.73. The van der Waals surface area contributed by atoms with E-state index in [0.717, 1.165) is 9.88 Å². The number of carbonyl (C=O) groups is 1. The summed E-state index contributed by atoms with van der Waals surface area (Å²) in [4.78, 5) is 17.4. The van der Waals surface area contributed by atoms with Crippen molar-refractivity contribution in [3.05, 3.63) is 45.9 Å². The number of carbonyl (C=O) groups excluding carboxylic acids is 1. The molecule has 1 heterocycles. The van der Waals surface area contributed by atoms with Crippen molar-refractivity contribution in [2.24, 2.45) is 0 Å². The number of rotatable bonds is 7. The number of para-hydroxylation sites is 1. The van der Waals surface area contributed by atoms with Crippen molar-refractivity contribution in [3.8, 4) is 0 Å². The number of sulfonamides is 1. The van der Waals surface area contributed by atoms with Crippen LogP contribution in [-0.4, -0.2) is 25.1 Å². The van der Waals surface area contributed by atoms with Gasteiger partial charge in [0.2, 0.25) is 10.0 Å². The van der Waals surface area contributed by atoms with E-state index >= 15 is 0 Å². The van der Waals surface area contributed by atoms with Gasteiger partial charge in [0, 0.05) is 11.1 Å². The molecule has 2 aromatic rings. The molecule has 0 aliphatic heterocycles. The first-order valence-corrected chi connectivity index (χ1v) is 9.67. The third-order valence-electron chi connectivity index (χ3n) is 3.00. The predicted octanol–water partition coefficient (Wildman–Crippen LogP) is 2.53. The molecular weight excluding hydrogens is 334 g/mol. The van der Waals surface area contributed by atoms with Crippen LogP contribution >= 0.6 is 11.3 Å². The minimum absolute atomic E-state index is 0.0170. The molecule has 1 aromatic heterocycles. The average molecular weight is 353 g/mol. The van der Waals surface area contributed by atoms with Crippen molar-refractivity contribution in [2.75, 3.05) is 10.5 Å². The highest BCUT2D eigenvalue weighted by Gasteiger charge is 2.16. The smallest absolute Gasteiger partial charge is 0.253 e. The topological polar surface area (TPSA) is 88.2 Å². The molecule has 0 radical (unpaired) electrons. The van der Waals surface area contributed by atoms with E-state index in [1.165, 1.54) is 11.3 Å². The van der Waals surface area contributed by atoms with Gasteiger partial charge >= 0.3 is 0 Å². The third-order valence-corrected chi connectivity index (χ3v) is 5.39. The summed E-state index contributed by atoms with van der Waals surface area (Å²) in [7, 11) is -3.44. The third kappa shape index (κ3) is 5.04. The summed E-state index contributed by atoms with van der Waals surface area (Å²) in [6.07, 6.45) is 2.23. The average Bonchev–Trinajstić information content (AvgIpc) is 2.90. The van der Waals surface area contributed by atoms with Crippen LogP contribution in [0.15, 0.2) is 30.5 Å². The normalized spacial score (nSPS) is 11.2. The summed E-state index contributed by atoms with van der Waals surface area (Å²) in [6, 6.07) is 6.56. The number of amides is 1. The van der Waals surface area contributed by atoms with E-state index in [2.05, 4.69) is 15.0 Å². The van der Waals surface area contributed by atoms with Crippen molar-refractivity contribution in [3.63, 3.8) is 0 Å². The summed E-state index contributed by atoms with van der Waals surface area (Å²) in [6.45, 7) is 4.04. The van der Waals surface area contributed by atoms with Crippen molar-refractivity contribution < 1.29 is 13.2 Å². The number of benzene rings is 1. The lowest BCUT2D eigenvalue weighted by Gasteiger charge is -2.12. The Labute approximate surface area is 140 Å². The van der Waals surface area contributed by atoms with Crippen molar-refractivity contribution in [1.82, 2.24) is 10.3 Å². The van der Waals surface area contributed by atoms with Crippen molar-refractivity contribution in [2.45, 2.75) is 26.8 Å². The molecule has 0 bridgehead atoms. The Hall–Kier alpha value is -1.93. The molecule has 0 fully saturated rings. The molecule has 1 aromatic carbocycles. The summed E-state index contributed by atoms with van der Waals surface area (Å²) < 4.78 is 26.3. The minimum Gasteiger partial charge on any atom is -0.347 e. The lowest BCUT2D eigenvalue weighted by molar-refractivity contribution is 0.0952. The highest BCUT2D eigenvalue weighted by molar-refractivity contribution is 7.92. The van der Waals surface area contributed by atoms with Gasteiger partial charge in [-0.25, -0.2) is 13.4 Å². The number of nitrogens with one attached hydrogen (secondary N) is 2. The van der Waals surface area contributed by atoms with Crippen LogP contribution in [0.1, 0.15) is 33.6 Å². The maximum atomic E-state index is 12.3. The van der Waals surface area contributed by atoms with Gasteiger partial charge in [0.1, 0.15) is 0 Å². The quantitative estimate of drug-likeness (QED) is 0.800. The van der Waals surface area contributed by atoms with Gasteiger partial charge in [-0.05, 0) is 25.5 Å². The zero-order chi connectivity index (χ0) is 16.9. The molecule has 6 nitrogen and oxygen atoms in total. The Morgan fingerprint density at radius 2 is 2.04 bits per heavy atom. The molecule has 0 saturated carbocycles. The Bertz CT molecular complexity index is 785. The van der Waals surface area contributed by atoms with Crippen LogP contribution in [0, 0.1) is 6.92 Å². The van der Waals surface area contributed by atoms with Gasteiger partial charge in [0.15, 0.2) is 0 Å². The fraction of sp³-hybridized carbons (Fsp3) is 0.333. The first kappa shape index (κ1) is 17.4. The summed E-state index contributed by atoms with van der Waals surface area (Å²) in [5, 5.41) is 3.72. The standard InChI is InChI=1S/C15H19N3O3S2/c1-3-8-23(20,21)18-14-7-5-4-6-13(14)15(19)17-10-12-9-16-11(2)22-12/h4-7,9,18H,3,8,10H2,1-2H3,(H,17,19). The molecular formula is C15H19N3O3S2. The molecule has 0 spiro atoms. The second-order valence-corrected chi connectivity index (χ2v) is 8.16. The largest absolute Gasteiger partial charge is 0.347 e. The molecule has 0 saturated heterocycles. The van der Waals surface area contributed by atoms with Gasteiger partial charge < -0.3 is 5.32 Å². The van der Waals surface area contributed by atoms with Crippen molar-refractivity contribution in [1.29, 1.82) is 0 Å². The summed E-state index contributed by atoms with van der Waals surface area (Å²) in [5.41, 5.74) is 0.590. The van der Waals surface area contributed by atoms with E-state index in [4.69, 9.17) is 0 Å². The molecule has 0 atom stereocenters. The highest BCUT2D eigenvalue weighted by atomic mass is 32.2. The number of thiazole rings is 1. The van der Waals surface area contributed by atoms with Crippen LogP contribution in [0.2, 0.25) is 0 Å². The molecule has 0 unspecified atom stereocenters. The number of aryl methyl sites for hydroxylation is 1. The zero-order valence-electron chi connectivity index (χ0n) is 13.0. The molecule has 124 valence electrons. The molecule has 0 aliphatic carbocycles. The Morgan fingerprint density at radius 1 is 1.30 bits per heavy atom. The highest BCUT2D eigenvalue weighted by Crippen LogP contribution is 2.18. The van der Waals surface area contributed by atoms with Crippen LogP contribution in [0.3, 0.4) is 0 Å². The van der Waals surface area contributed by atoms with Crippen LogP contribution in [-0.2, 0) is 16.6 Å². The van der Waals surface area contributed by atoms with Crippen LogP contribution in [0.5, 0.6) is 0 Å². The maximum Gasteiger partial charge on any atom is 0.253 e. The number of hydrogen-bond donors (Lipinski definition) is 2. The monoisotopic (exact) mass is 353 g/mol. The van der Waals surface area contributed by atoms with E-state index in [1.54, 1.807) is 37.4 Å². The predicted molar refractivity (Wildman–Crippen MR) is 92.2 cm³/mol. The van der Waals surface area contributed by atoms with Gasteiger partial charge in [-0.1, -0.05) is 19.1 Å². The van der Waals surface area contributed by atoms with Crippen molar-refractivity contribution >= 4 is 33.0 Å². The Morgan fingerprint density at radius 3 is 2.70 bits per heavy atom. The van der Waals surface area contributed by atoms with E-state index in [0.29, 0.717) is 24.2 Å². The first-order valence-electron chi connectivity index (χ1n) is 7.20. The molecule has 2 rings (SSSR count). The number of hydrogen-bond acceptors (Lipinski definition) is 5. The number of anilines is 1. The molecule has 2 N–H and O–H groups in total. The lowest BCUT2D eigenvalue weighted by Crippen LogP contribution is -2.25. The van der Waals surface area contributed by atoms with Crippen LogP contribution < -0.4 is 10.0 Å². The fourth-order valence-electron chi connectivity index (χ4n) is 2.01. The summed E-state index contributed by atoms with van der Waals surface area (Å²) in [5.74, 6) is -0.311. The van der Waals surface area contributed by atoms with E-state index in [-0.39, 0.29) is 11.7 Å². The summed E-state index contributed by atoms with van der Waals surface area (Å²) >= 11 is 1.51. The second-order valence-electron chi connectivity index (χ2n) is 4.99. The van der Waals surface area contributed by atoms with Gasteiger partial charge in [-0.2, -0.15) is 0 Å². The zero-order valence-corrected chi connectivity index (χ0v) is 14.6. The SMILES string of the molecule is CCCS(=O)(=O)Nc1ccccc1C(=O)NCc1cnc(C)s1. The number of nitrogens with zero attached hydrogens (tertiary/aromatic N) is 1. The molecule has 0 aliphatic rings. The first-order chi connectivity index (χ1) is 10.9. The van der Waals surface area contributed by atoms with E-state index < -0.39 is 10.0 Å². The minimum atomic E-state index is -3.44.